The molecule has 3 heterocycles. The van der Waals surface area contributed by atoms with Gasteiger partial charge in [-0.3, -0.25) is 0 Å². The van der Waals surface area contributed by atoms with E-state index in [1.54, 1.807) is 6.20 Å². The van der Waals surface area contributed by atoms with Gasteiger partial charge in [0, 0.05) is 44.0 Å². The second-order valence-corrected chi connectivity index (χ2v) is 12.2. The van der Waals surface area contributed by atoms with E-state index in [-0.39, 0.29) is 5.41 Å². The van der Waals surface area contributed by atoms with E-state index in [0.717, 1.165) is 81.1 Å². The zero-order valence-corrected chi connectivity index (χ0v) is 23.8. The molecule has 41 heavy (non-hydrogen) atoms. The van der Waals surface area contributed by atoms with Gasteiger partial charge in [0.25, 0.3) is 0 Å². The fourth-order valence-electron chi connectivity index (χ4n) is 7.79. The highest BCUT2D eigenvalue weighted by molar-refractivity contribution is 6.08. The molecule has 0 amide bonds. The molecule has 0 saturated heterocycles. The topological polar surface area (TPSA) is 29.9 Å². The molecule has 3 heteroatoms. The standard InChI is InChI=1S/C38H35N2O/c1-24-13-15-27-28-10-9-20-39-36(28)41-35(27)34(24)33-23-26(17-21-40(33)4)25-14-16-30-32(22-25)38(18-7-8-19-38)31-12-6-5-11-29(31)37(30,2)3/h5-6,9-17,20-23H,7-8,18-19H2,1-4H3/q+1/i2D3. The van der Waals surface area contributed by atoms with Gasteiger partial charge in [-0.05, 0) is 76.9 Å². The lowest BCUT2D eigenvalue weighted by Gasteiger charge is -2.46. The van der Waals surface area contributed by atoms with E-state index >= 15 is 0 Å². The van der Waals surface area contributed by atoms with Gasteiger partial charge in [0.05, 0.1) is 5.56 Å². The largest absolute Gasteiger partial charge is 0.437 e. The Morgan fingerprint density at radius 2 is 1.61 bits per heavy atom. The quantitative estimate of drug-likeness (QED) is 0.206. The first-order valence-corrected chi connectivity index (χ1v) is 14.7. The van der Waals surface area contributed by atoms with E-state index in [2.05, 4.69) is 96.4 Å². The van der Waals surface area contributed by atoms with Crippen molar-refractivity contribution in [1.82, 2.24) is 4.98 Å². The van der Waals surface area contributed by atoms with Crippen molar-refractivity contribution in [3.8, 4) is 22.4 Å². The van der Waals surface area contributed by atoms with Crippen LogP contribution in [0, 0.1) is 6.92 Å². The number of hydrogen-bond donors (Lipinski definition) is 0. The summed E-state index contributed by atoms with van der Waals surface area (Å²) in [7, 11) is 2.07. The van der Waals surface area contributed by atoms with Crippen LogP contribution in [0.15, 0.2) is 95.7 Å². The minimum Gasteiger partial charge on any atom is -0.437 e. The summed E-state index contributed by atoms with van der Waals surface area (Å²) in [6.45, 7) is 1.86. The predicted octanol–water partition coefficient (Wildman–Crippen LogP) is 8.95. The smallest absolute Gasteiger partial charge is 0.227 e. The zero-order valence-electron chi connectivity index (χ0n) is 26.8. The van der Waals surface area contributed by atoms with Crippen molar-refractivity contribution in [1.29, 1.82) is 0 Å². The maximum Gasteiger partial charge on any atom is 0.227 e. The number of aromatic nitrogens is 2. The molecule has 6 aromatic rings. The van der Waals surface area contributed by atoms with E-state index in [1.807, 2.05) is 19.1 Å². The van der Waals surface area contributed by atoms with Gasteiger partial charge in [0.2, 0.25) is 11.4 Å². The minimum absolute atomic E-state index is 0.168. The molecule has 2 aliphatic rings. The van der Waals surface area contributed by atoms with Crippen LogP contribution in [-0.4, -0.2) is 4.98 Å². The first-order chi connectivity index (χ1) is 21.1. The van der Waals surface area contributed by atoms with Crippen LogP contribution in [0.2, 0.25) is 0 Å². The number of pyridine rings is 2. The van der Waals surface area contributed by atoms with E-state index in [9.17, 15) is 0 Å². The van der Waals surface area contributed by atoms with Crippen molar-refractivity contribution in [3.05, 3.63) is 119 Å². The first kappa shape index (κ1) is 21.5. The third-order valence-electron chi connectivity index (χ3n) is 9.88. The summed E-state index contributed by atoms with van der Waals surface area (Å²) in [5, 5.41) is 2.07. The summed E-state index contributed by atoms with van der Waals surface area (Å²) >= 11 is 0. The van der Waals surface area contributed by atoms with E-state index in [4.69, 9.17) is 8.53 Å². The number of fused-ring (bicyclic) bond motifs is 7. The second kappa shape index (κ2) is 8.63. The normalized spacial score (nSPS) is 20.5. The third-order valence-corrected chi connectivity index (χ3v) is 9.88. The van der Waals surface area contributed by atoms with Gasteiger partial charge in [-0.2, -0.15) is 0 Å². The maximum atomic E-state index is 8.75. The summed E-state index contributed by atoms with van der Waals surface area (Å²) in [5.41, 5.74) is 9.94. The fourth-order valence-corrected chi connectivity index (χ4v) is 7.79. The van der Waals surface area contributed by atoms with Crippen LogP contribution in [0.5, 0.6) is 0 Å². The maximum absolute atomic E-state index is 8.75. The fraction of sp³-hybridized carbons (Fsp3) is 0.263. The summed E-state index contributed by atoms with van der Waals surface area (Å²) in [4.78, 5) is 4.48. The highest BCUT2D eigenvalue weighted by Gasteiger charge is 2.47. The Kier molecular flexibility index (Phi) is 4.53. The van der Waals surface area contributed by atoms with Crippen LogP contribution >= 0.6 is 0 Å². The molecule has 2 aliphatic carbocycles. The molecule has 0 radical (unpaired) electrons. The molecule has 0 aliphatic heterocycles. The highest BCUT2D eigenvalue weighted by Crippen LogP contribution is 2.57. The van der Waals surface area contributed by atoms with E-state index in [1.165, 1.54) is 11.1 Å². The highest BCUT2D eigenvalue weighted by atomic mass is 16.3. The molecule has 1 atom stereocenters. The van der Waals surface area contributed by atoms with Crippen LogP contribution in [0.3, 0.4) is 0 Å². The van der Waals surface area contributed by atoms with Gasteiger partial charge in [-0.1, -0.05) is 75.1 Å². The average Bonchev–Trinajstić information content (AvgIpc) is 3.66. The number of hydrogen-bond acceptors (Lipinski definition) is 2. The lowest BCUT2D eigenvalue weighted by molar-refractivity contribution is -0.660. The predicted molar refractivity (Wildman–Crippen MR) is 166 cm³/mol. The summed E-state index contributed by atoms with van der Waals surface area (Å²) in [6.07, 6.45) is 8.23. The van der Waals surface area contributed by atoms with Gasteiger partial charge in [0.1, 0.15) is 7.05 Å². The van der Waals surface area contributed by atoms with Gasteiger partial charge < -0.3 is 4.42 Å². The van der Waals surface area contributed by atoms with Crippen molar-refractivity contribution in [2.45, 2.75) is 57.2 Å². The Morgan fingerprint density at radius 1 is 0.829 bits per heavy atom. The van der Waals surface area contributed by atoms with Crippen LogP contribution in [-0.2, 0) is 17.9 Å². The van der Waals surface area contributed by atoms with Crippen LogP contribution in [0.25, 0.3) is 44.5 Å². The first-order valence-electron chi connectivity index (χ1n) is 16.2. The van der Waals surface area contributed by atoms with Gasteiger partial charge in [0.15, 0.2) is 11.8 Å². The van der Waals surface area contributed by atoms with E-state index < -0.39 is 12.3 Å². The Hall–Kier alpha value is -4.24. The Bertz CT molecular complexity index is 2120. The van der Waals surface area contributed by atoms with Crippen LogP contribution < -0.4 is 4.57 Å². The molecule has 1 fully saturated rings. The monoisotopic (exact) mass is 538 g/mol. The molecule has 202 valence electrons. The molecule has 3 aromatic heterocycles. The summed E-state index contributed by atoms with van der Waals surface area (Å²) in [6, 6.07) is 27.5. The number of nitrogens with zero attached hydrogens (tertiary/aromatic N) is 2. The van der Waals surface area contributed by atoms with E-state index in [0.29, 0.717) is 5.71 Å². The van der Waals surface area contributed by atoms with Gasteiger partial charge in [-0.15, -0.1) is 0 Å². The average molecular weight is 539 g/mol. The van der Waals surface area contributed by atoms with Gasteiger partial charge >= 0.3 is 0 Å². The lowest BCUT2D eigenvalue weighted by Crippen LogP contribution is -2.38. The van der Waals surface area contributed by atoms with Crippen LogP contribution in [0.4, 0.5) is 0 Å². The summed E-state index contributed by atoms with van der Waals surface area (Å²) in [5.74, 6) is 0. The molecule has 3 nitrogen and oxygen atoms in total. The Balaban J connectivity index is 1.35. The van der Waals surface area contributed by atoms with Crippen molar-refractivity contribution in [2.24, 2.45) is 7.05 Å². The molecular formula is C38H35N2O+. The van der Waals surface area contributed by atoms with Crippen molar-refractivity contribution in [3.63, 3.8) is 0 Å². The third kappa shape index (κ3) is 3.38. The van der Waals surface area contributed by atoms with Crippen molar-refractivity contribution >= 4 is 22.1 Å². The molecule has 1 spiro atoms. The molecule has 1 unspecified atom stereocenters. The molecule has 0 N–H and O–H groups in total. The summed E-state index contributed by atoms with van der Waals surface area (Å²) < 4.78 is 34.8. The molecule has 1 saturated carbocycles. The van der Waals surface area contributed by atoms with Crippen molar-refractivity contribution in [2.75, 3.05) is 0 Å². The molecule has 0 bridgehead atoms. The number of rotatable bonds is 2. The number of benzene rings is 3. The molecule has 8 rings (SSSR count). The molecule has 3 aromatic carbocycles. The Labute approximate surface area is 245 Å². The number of furan rings is 1. The Morgan fingerprint density at radius 3 is 2.44 bits per heavy atom. The second-order valence-electron chi connectivity index (χ2n) is 12.2. The minimum atomic E-state index is -2.19. The molecular weight excluding hydrogens is 500 g/mol. The lowest BCUT2D eigenvalue weighted by atomic mass is 9.57. The zero-order chi connectivity index (χ0) is 30.4. The SMILES string of the molecule is [2H]C([2H])([2H])C1(C)c2ccccc2C2(CCCC2)c2cc(-c3cc[n+](C)c(-c4c(C)ccc5c4oc4ncccc45)c3)ccc21. The van der Waals surface area contributed by atoms with Gasteiger partial charge in [-0.25, -0.2) is 9.55 Å². The van der Waals surface area contributed by atoms with Crippen molar-refractivity contribution < 1.29 is 13.1 Å². The number of aryl methyl sites for hydroxylation is 2. The van der Waals surface area contributed by atoms with Crippen LogP contribution in [0.1, 0.15) is 71.4 Å².